The molecular formula is C22H20BrFN4O4S2. The lowest BCUT2D eigenvalue weighted by molar-refractivity contribution is 0.256. The summed E-state index contributed by atoms with van der Waals surface area (Å²) < 4.78 is 42.4. The van der Waals surface area contributed by atoms with E-state index in [1.807, 2.05) is 4.72 Å². The number of thioether (sulfide) groups is 1. The van der Waals surface area contributed by atoms with Gasteiger partial charge in [0, 0.05) is 28.4 Å². The fourth-order valence-corrected chi connectivity index (χ4v) is 5.83. The maximum Gasteiger partial charge on any atom is 0.333 e. The Hall–Kier alpha value is -3.09. The lowest BCUT2D eigenvalue weighted by Gasteiger charge is -2.12. The molecule has 0 radical (unpaired) electrons. The number of hydrogen-bond acceptors (Lipinski definition) is 6. The molecular weight excluding hydrogens is 547 g/mol. The fraction of sp³-hybridized carbons (Fsp3) is 0.0909. The normalized spacial score (nSPS) is 11.8. The standard InChI is InChI=1S/C22H20BrFN4O4S2/c1-4-20(33-13(2)23)34(31,32)27-22(30)26-15-5-7-16(8-6-15)28-10-9-14-11-19(25-3)18(24)12-17(14)21(28)29/h4-12,25H,2H2,1,3H3,(H2,26,27,30)/b20-4+. The molecule has 0 saturated heterocycles. The third-order valence-corrected chi connectivity index (χ3v) is 7.87. The minimum absolute atomic E-state index is 0.0890. The number of aromatic nitrogens is 1. The molecule has 0 saturated carbocycles. The summed E-state index contributed by atoms with van der Waals surface area (Å²) in [4.78, 5) is 25.1. The zero-order chi connectivity index (χ0) is 25.0. The van der Waals surface area contributed by atoms with Gasteiger partial charge in [-0.25, -0.2) is 22.3 Å². The zero-order valence-corrected chi connectivity index (χ0v) is 21.3. The molecule has 2 amide bonds. The van der Waals surface area contributed by atoms with E-state index in [0.29, 0.717) is 20.6 Å². The number of sulfonamides is 1. The maximum atomic E-state index is 14.1. The van der Waals surface area contributed by atoms with E-state index in [0.717, 1.165) is 11.8 Å². The number of rotatable bonds is 7. The predicted octanol–water partition coefficient (Wildman–Crippen LogP) is 5.08. The quantitative estimate of drug-likeness (QED) is 0.367. The van der Waals surface area contributed by atoms with Gasteiger partial charge in [-0.15, -0.1) is 0 Å². The van der Waals surface area contributed by atoms with Crippen LogP contribution in [0.5, 0.6) is 0 Å². The minimum Gasteiger partial charge on any atom is -0.386 e. The van der Waals surface area contributed by atoms with Crippen LogP contribution in [0, 0.1) is 5.82 Å². The number of allylic oxidation sites excluding steroid dienone is 1. The second-order valence-electron chi connectivity index (χ2n) is 6.83. The van der Waals surface area contributed by atoms with E-state index in [-0.39, 0.29) is 15.3 Å². The van der Waals surface area contributed by atoms with Gasteiger partial charge in [0.25, 0.3) is 15.6 Å². The van der Waals surface area contributed by atoms with E-state index < -0.39 is 27.4 Å². The minimum atomic E-state index is -4.08. The Labute approximate surface area is 208 Å². The van der Waals surface area contributed by atoms with Crippen LogP contribution >= 0.6 is 27.7 Å². The highest BCUT2D eigenvalue weighted by molar-refractivity contribution is 9.14. The highest BCUT2D eigenvalue weighted by atomic mass is 79.9. The van der Waals surface area contributed by atoms with Gasteiger partial charge < -0.3 is 10.6 Å². The summed E-state index contributed by atoms with van der Waals surface area (Å²) in [6.45, 7) is 5.10. The van der Waals surface area contributed by atoms with Crippen LogP contribution in [0.4, 0.5) is 20.6 Å². The number of amides is 2. The molecule has 0 fully saturated rings. The van der Waals surface area contributed by atoms with E-state index >= 15 is 0 Å². The van der Waals surface area contributed by atoms with Gasteiger partial charge in [-0.05, 0) is 70.7 Å². The van der Waals surface area contributed by atoms with Crippen molar-refractivity contribution in [2.75, 3.05) is 17.7 Å². The van der Waals surface area contributed by atoms with Gasteiger partial charge in [-0.1, -0.05) is 24.4 Å². The predicted molar refractivity (Wildman–Crippen MR) is 140 cm³/mol. The van der Waals surface area contributed by atoms with Crippen molar-refractivity contribution in [1.29, 1.82) is 0 Å². The zero-order valence-electron chi connectivity index (χ0n) is 18.1. The third-order valence-electron chi connectivity index (χ3n) is 4.60. The monoisotopic (exact) mass is 566 g/mol. The highest BCUT2D eigenvalue weighted by Gasteiger charge is 2.21. The lowest BCUT2D eigenvalue weighted by atomic mass is 10.1. The average molecular weight is 567 g/mol. The van der Waals surface area contributed by atoms with Gasteiger partial charge in [0.05, 0.1) is 11.1 Å². The number of carbonyl (C=O) groups is 1. The molecule has 0 aliphatic carbocycles. The molecule has 1 aromatic heterocycles. The second-order valence-corrected chi connectivity index (χ2v) is 11.4. The smallest absolute Gasteiger partial charge is 0.333 e. The Morgan fingerprint density at radius 2 is 1.88 bits per heavy atom. The van der Waals surface area contributed by atoms with Crippen molar-refractivity contribution < 1.29 is 17.6 Å². The first-order chi connectivity index (χ1) is 16.1. The molecule has 3 N–H and O–H groups in total. The molecule has 12 heteroatoms. The van der Waals surface area contributed by atoms with E-state index in [1.54, 1.807) is 37.5 Å². The Bertz CT molecular complexity index is 1470. The van der Waals surface area contributed by atoms with E-state index in [1.165, 1.54) is 35.8 Å². The van der Waals surface area contributed by atoms with Crippen LogP contribution in [0.25, 0.3) is 16.5 Å². The maximum absolute atomic E-state index is 14.1. The Balaban J connectivity index is 1.80. The number of carbonyl (C=O) groups excluding carboxylic acids is 1. The van der Waals surface area contributed by atoms with Crippen LogP contribution in [-0.4, -0.2) is 26.1 Å². The summed E-state index contributed by atoms with van der Waals surface area (Å²) in [5.41, 5.74) is 0.660. The van der Waals surface area contributed by atoms with Crippen molar-refractivity contribution in [1.82, 2.24) is 9.29 Å². The van der Waals surface area contributed by atoms with Crippen molar-refractivity contribution in [3.63, 3.8) is 0 Å². The Kier molecular flexibility index (Phi) is 7.85. The first kappa shape index (κ1) is 25.5. The van der Waals surface area contributed by atoms with Crippen LogP contribution < -0.4 is 20.9 Å². The molecule has 0 unspecified atom stereocenters. The van der Waals surface area contributed by atoms with Crippen LogP contribution in [0.2, 0.25) is 0 Å². The average Bonchev–Trinajstić information content (AvgIpc) is 2.77. The summed E-state index contributed by atoms with van der Waals surface area (Å²) >= 11 is 3.92. The van der Waals surface area contributed by atoms with Gasteiger partial charge in [0.15, 0.2) is 0 Å². The van der Waals surface area contributed by atoms with Crippen molar-refractivity contribution in [2.24, 2.45) is 0 Å². The molecule has 0 bridgehead atoms. The number of hydrogen-bond donors (Lipinski definition) is 3. The van der Waals surface area contributed by atoms with Crippen LogP contribution in [-0.2, 0) is 10.0 Å². The van der Waals surface area contributed by atoms with Gasteiger partial charge in [0.2, 0.25) is 0 Å². The highest BCUT2D eigenvalue weighted by Crippen LogP contribution is 2.31. The lowest BCUT2D eigenvalue weighted by Crippen LogP contribution is -2.34. The van der Waals surface area contributed by atoms with Gasteiger partial charge in [-0.2, -0.15) is 0 Å². The number of nitrogens with zero attached hydrogens (tertiary/aromatic N) is 1. The summed E-state index contributed by atoms with van der Waals surface area (Å²) in [6.07, 6.45) is 2.91. The fourth-order valence-electron chi connectivity index (χ4n) is 3.07. The Morgan fingerprint density at radius 3 is 2.47 bits per heavy atom. The number of anilines is 2. The molecule has 34 heavy (non-hydrogen) atoms. The first-order valence-electron chi connectivity index (χ1n) is 9.71. The van der Waals surface area contributed by atoms with Crippen molar-refractivity contribution in [3.05, 3.63) is 85.5 Å². The molecule has 0 aliphatic heterocycles. The topological polar surface area (TPSA) is 109 Å². The summed E-state index contributed by atoms with van der Waals surface area (Å²) in [5.74, 6) is -0.537. The third kappa shape index (κ3) is 5.69. The van der Waals surface area contributed by atoms with E-state index in [9.17, 15) is 22.4 Å². The number of nitrogens with one attached hydrogen (secondary N) is 3. The second kappa shape index (κ2) is 10.5. The van der Waals surface area contributed by atoms with Crippen LogP contribution in [0.15, 0.2) is 74.2 Å². The summed E-state index contributed by atoms with van der Waals surface area (Å²) in [5, 5.41) is 5.97. The molecule has 3 rings (SSSR count). The number of pyridine rings is 1. The molecule has 0 spiro atoms. The van der Waals surface area contributed by atoms with Gasteiger partial charge in [0.1, 0.15) is 10.1 Å². The van der Waals surface area contributed by atoms with Gasteiger partial charge >= 0.3 is 6.03 Å². The van der Waals surface area contributed by atoms with E-state index in [4.69, 9.17) is 0 Å². The van der Waals surface area contributed by atoms with Crippen molar-refractivity contribution in [3.8, 4) is 5.69 Å². The van der Waals surface area contributed by atoms with Crippen molar-refractivity contribution >= 4 is 65.9 Å². The van der Waals surface area contributed by atoms with Gasteiger partial charge in [-0.3, -0.25) is 9.36 Å². The molecule has 178 valence electrons. The summed E-state index contributed by atoms with van der Waals surface area (Å²) in [7, 11) is -2.49. The number of urea groups is 1. The number of halogens is 2. The molecule has 1 heterocycles. The SMILES string of the molecule is C=C(Br)S/C(=C\C)S(=O)(=O)NC(=O)Nc1ccc(-n2ccc3cc(NC)c(F)cc3c2=O)cc1. The molecule has 8 nitrogen and oxygen atoms in total. The first-order valence-corrected chi connectivity index (χ1v) is 12.8. The van der Waals surface area contributed by atoms with Crippen LogP contribution in [0.3, 0.4) is 0 Å². The number of fused-ring (bicyclic) bond motifs is 1. The Morgan fingerprint density at radius 1 is 1.21 bits per heavy atom. The van der Waals surface area contributed by atoms with E-state index in [2.05, 4.69) is 33.1 Å². The largest absolute Gasteiger partial charge is 0.386 e. The number of benzene rings is 2. The molecule has 3 aromatic rings. The molecule has 0 atom stereocenters. The van der Waals surface area contributed by atoms with Crippen LogP contribution in [0.1, 0.15) is 6.92 Å². The summed E-state index contributed by atoms with van der Waals surface area (Å²) in [6, 6.07) is 9.63. The molecule has 0 aliphatic rings. The molecule has 2 aromatic carbocycles. The van der Waals surface area contributed by atoms with Crippen molar-refractivity contribution in [2.45, 2.75) is 6.92 Å².